The molecule has 19 heavy (non-hydrogen) atoms. The van der Waals surface area contributed by atoms with Gasteiger partial charge in [-0.25, -0.2) is 4.79 Å². The summed E-state index contributed by atoms with van der Waals surface area (Å²) in [6.45, 7) is 0. The highest BCUT2D eigenvalue weighted by atomic mass is 32.3. The molecule has 0 saturated heterocycles. The molecule has 0 aromatic heterocycles. The Labute approximate surface area is 105 Å². The number of amides is 1. The number of alkyl halides is 3. The summed E-state index contributed by atoms with van der Waals surface area (Å²) in [5, 5.41) is 0. The van der Waals surface area contributed by atoms with E-state index in [4.69, 9.17) is 0 Å². The molecule has 1 amide bonds. The van der Waals surface area contributed by atoms with E-state index in [9.17, 15) is 30.3 Å². The van der Waals surface area contributed by atoms with Crippen molar-refractivity contribution in [2.24, 2.45) is 0 Å². The minimum Gasteiger partial charge on any atom is -0.431 e. The second kappa shape index (κ2) is 5.43. The first-order valence-corrected chi connectivity index (χ1v) is 6.02. The van der Waals surface area contributed by atoms with Crippen molar-refractivity contribution < 1.29 is 35.0 Å². The summed E-state index contributed by atoms with van der Waals surface area (Å²) in [7, 11) is -5.49. The van der Waals surface area contributed by atoms with Gasteiger partial charge in [0.25, 0.3) is 0 Å². The number of carbonyl (C=O) groups excluding carboxylic acids is 1. The van der Waals surface area contributed by atoms with Crippen LogP contribution in [-0.2, 0) is 15.1 Å². The highest BCUT2D eigenvalue weighted by molar-refractivity contribution is 7.84. The first-order valence-electron chi connectivity index (χ1n) is 4.64. The van der Waals surface area contributed by atoms with Crippen LogP contribution in [0.4, 0.5) is 21.9 Å². The molecule has 0 aliphatic carbocycles. The summed E-state index contributed by atoms with van der Waals surface area (Å²) < 4.78 is 74.6. The van der Waals surface area contributed by atoms with Crippen LogP contribution in [0.2, 0.25) is 0 Å². The van der Waals surface area contributed by atoms with Gasteiger partial charge in [-0.15, -0.1) is 0 Å². The maximum absolute atomic E-state index is 12.7. The number of hydrogen-bond donors (Lipinski definition) is 1. The van der Waals surface area contributed by atoms with E-state index < -0.39 is 34.3 Å². The summed E-state index contributed by atoms with van der Waals surface area (Å²) in [4.78, 5) is 10.8. The average Bonchev–Trinajstić information content (AvgIpc) is 2.23. The van der Waals surface area contributed by atoms with Crippen LogP contribution in [0, 0.1) is 0 Å². The molecule has 1 aromatic carbocycles. The zero-order valence-corrected chi connectivity index (χ0v) is 9.83. The molecule has 0 heterocycles. The third kappa shape index (κ3) is 5.12. The quantitative estimate of drug-likeness (QED) is 0.686. The fourth-order valence-corrected chi connectivity index (χ4v) is 1.43. The summed E-state index contributed by atoms with van der Waals surface area (Å²) >= 11 is 0. The van der Waals surface area contributed by atoms with Gasteiger partial charge < -0.3 is 4.74 Å². The third-order valence-electron chi connectivity index (χ3n) is 1.83. The average molecular weight is 301 g/mol. The van der Waals surface area contributed by atoms with Gasteiger partial charge in [-0.2, -0.15) is 26.3 Å². The lowest BCUT2D eigenvalue weighted by Gasteiger charge is -2.20. The Hall–Kier alpha value is -1.84. The Morgan fingerprint density at radius 1 is 1.21 bits per heavy atom. The van der Waals surface area contributed by atoms with Crippen molar-refractivity contribution in [2.45, 2.75) is 12.3 Å². The van der Waals surface area contributed by atoms with Crippen molar-refractivity contribution in [3.05, 3.63) is 35.9 Å². The number of carbonyl (C=O) groups is 1. The summed E-state index contributed by atoms with van der Waals surface area (Å²) in [5.41, 5.74) is -0.429. The van der Waals surface area contributed by atoms with Gasteiger partial charge in [-0.3, -0.25) is 0 Å². The lowest BCUT2D eigenvalue weighted by atomic mass is 10.1. The third-order valence-corrected chi connectivity index (χ3v) is 2.24. The monoisotopic (exact) mass is 301 g/mol. The van der Waals surface area contributed by atoms with Crippen molar-refractivity contribution in [3.8, 4) is 0 Å². The summed E-state index contributed by atoms with van der Waals surface area (Å²) in [5.74, 6) is 0. The van der Waals surface area contributed by atoms with Crippen LogP contribution >= 0.6 is 0 Å². The summed E-state index contributed by atoms with van der Waals surface area (Å²) in [6, 6.07) is 6.01. The number of hydrogen-bond acceptors (Lipinski definition) is 4. The normalized spacial score (nSPS) is 13.7. The van der Waals surface area contributed by atoms with Crippen molar-refractivity contribution in [1.82, 2.24) is 4.72 Å². The van der Waals surface area contributed by atoms with Gasteiger partial charge in [0.15, 0.2) is 0 Å². The predicted octanol–water partition coefficient (Wildman–Crippen LogP) is 2.23. The smallest absolute Gasteiger partial charge is 0.429 e. The van der Waals surface area contributed by atoms with Crippen LogP contribution in [0.1, 0.15) is 11.7 Å². The second-order valence-corrected chi connectivity index (χ2v) is 4.36. The molecule has 0 bridgehead atoms. The molecule has 0 fully saturated rings. The van der Waals surface area contributed by atoms with E-state index in [-0.39, 0.29) is 0 Å². The van der Waals surface area contributed by atoms with Crippen molar-refractivity contribution in [3.63, 3.8) is 0 Å². The number of nitrogens with one attached hydrogen (secondary N) is 1. The van der Waals surface area contributed by atoms with E-state index in [1.54, 1.807) is 0 Å². The zero-order valence-electron chi connectivity index (χ0n) is 9.02. The standard InChI is InChI=1S/C9H7F4NO4S/c10-9(11,12)7(6-4-2-1-3-5-6)18-8(15)14-19(13,16)17/h1-5,7H,(H,14,15). The minimum absolute atomic E-state index is 0.429. The van der Waals surface area contributed by atoms with Gasteiger partial charge in [0.1, 0.15) is 0 Å². The molecule has 1 N–H and O–H groups in total. The molecule has 0 aliphatic heterocycles. The molecule has 10 heteroatoms. The molecule has 0 spiro atoms. The van der Waals surface area contributed by atoms with E-state index in [0.29, 0.717) is 4.72 Å². The van der Waals surface area contributed by atoms with Gasteiger partial charge in [-0.05, 0) is 0 Å². The Morgan fingerprint density at radius 2 is 1.74 bits per heavy atom. The molecule has 0 aliphatic rings. The predicted molar refractivity (Wildman–Crippen MR) is 54.9 cm³/mol. The Morgan fingerprint density at radius 3 is 2.16 bits per heavy atom. The lowest BCUT2D eigenvalue weighted by molar-refractivity contribution is -0.206. The molecule has 1 aromatic rings. The fraction of sp³-hybridized carbons (Fsp3) is 0.222. The molecule has 1 unspecified atom stereocenters. The maximum Gasteiger partial charge on any atom is 0.429 e. The highest BCUT2D eigenvalue weighted by Gasteiger charge is 2.44. The van der Waals surface area contributed by atoms with Crippen LogP contribution in [0.15, 0.2) is 30.3 Å². The number of ether oxygens (including phenoxy) is 1. The molecular formula is C9H7F4NO4S. The molecule has 1 rings (SSSR count). The molecule has 0 radical (unpaired) electrons. The fourth-order valence-electron chi connectivity index (χ4n) is 1.18. The topological polar surface area (TPSA) is 72.5 Å². The maximum atomic E-state index is 12.7. The largest absolute Gasteiger partial charge is 0.431 e. The van der Waals surface area contributed by atoms with Gasteiger partial charge in [0, 0.05) is 5.56 Å². The first-order chi connectivity index (χ1) is 8.59. The molecule has 5 nitrogen and oxygen atoms in total. The summed E-state index contributed by atoms with van der Waals surface area (Å²) in [6.07, 6.45) is -9.73. The van der Waals surface area contributed by atoms with E-state index in [2.05, 4.69) is 4.74 Å². The Kier molecular flexibility index (Phi) is 4.35. The first kappa shape index (κ1) is 15.2. The van der Waals surface area contributed by atoms with E-state index in [1.165, 1.54) is 18.2 Å². The highest BCUT2D eigenvalue weighted by Crippen LogP contribution is 2.35. The van der Waals surface area contributed by atoms with Gasteiger partial charge >= 0.3 is 22.7 Å². The number of benzene rings is 1. The van der Waals surface area contributed by atoms with Gasteiger partial charge in [0.2, 0.25) is 6.10 Å². The number of halogens is 4. The molecule has 106 valence electrons. The van der Waals surface area contributed by atoms with Crippen LogP contribution in [-0.4, -0.2) is 20.7 Å². The minimum atomic E-state index is -5.49. The van der Waals surface area contributed by atoms with Crippen molar-refractivity contribution >= 4 is 16.5 Å². The van der Waals surface area contributed by atoms with E-state index >= 15 is 0 Å². The molecular weight excluding hydrogens is 294 g/mol. The lowest BCUT2D eigenvalue weighted by Crippen LogP contribution is -2.33. The van der Waals surface area contributed by atoms with E-state index in [1.807, 2.05) is 0 Å². The van der Waals surface area contributed by atoms with Crippen LogP contribution < -0.4 is 4.72 Å². The van der Waals surface area contributed by atoms with Crippen molar-refractivity contribution in [1.29, 1.82) is 0 Å². The van der Waals surface area contributed by atoms with Gasteiger partial charge in [-0.1, -0.05) is 34.2 Å². The van der Waals surface area contributed by atoms with Crippen molar-refractivity contribution in [2.75, 3.05) is 0 Å². The van der Waals surface area contributed by atoms with Crippen LogP contribution in [0.25, 0.3) is 0 Å². The zero-order chi connectivity index (χ0) is 14.7. The SMILES string of the molecule is O=C(NS(=O)(=O)F)OC(c1ccccc1)C(F)(F)F. The van der Waals surface area contributed by atoms with Crippen LogP contribution in [0.3, 0.4) is 0 Å². The van der Waals surface area contributed by atoms with Crippen LogP contribution in [0.5, 0.6) is 0 Å². The van der Waals surface area contributed by atoms with E-state index in [0.717, 1.165) is 12.1 Å². The molecule has 0 saturated carbocycles. The molecule has 1 atom stereocenters. The second-order valence-electron chi connectivity index (χ2n) is 3.28. The number of rotatable bonds is 3. The van der Waals surface area contributed by atoms with Gasteiger partial charge in [0.05, 0.1) is 0 Å². The Balaban J connectivity index is 2.93. The Bertz CT molecular complexity index is 543.